The third kappa shape index (κ3) is 3.98. The van der Waals surface area contributed by atoms with Crippen LogP contribution in [-0.2, 0) is 14.4 Å². The van der Waals surface area contributed by atoms with Gasteiger partial charge in [-0.2, -0.15) is 0 Å². The predicted molar refractivity (Wildman–Crippen MR) is 96.7 cm³/mol. The van der Waals surface area contributed by atoms with Crippen LogP contribution >= 0.6 is 0 Å². The number of amides is 4. The second-order valence-corrected chi connectivity index (χ2v) is 6.52. The maximum Gasteiger partial charge on any atom is 0.341 e. The van der Waals surface area contributed by atoms with Crippen LogP contribution in [0.15, 0.2) is 23.8 Å². The molecule has 2 N–H and O–H groups in total. The number of hydrogen-bond acceptors (Lipinski definition) is 6. The average Bonchev–Trinajstić information content (AvgIpc) is 3.17. The highest BCUT2D eigenvalue weighted by Crippen LogP contribution is 2.30. The maximum atomic E-state index is 12.8. The van der Waals surface area contributed by atoms with Crippen LogP contribution in [0.25, 0.3) is 6.08 Å². The molecule has 148 valence electrons. The van der Waals surface area contributed by atoms with Gasteiger partial charge in [0, 0.05) is 6.04 Å². The molecule has 2 fully saturated rings. The summed E-state index contributed by atoms with van der Waals surface area (Å²) in [6, 6.07) is 3.67. The van der Waals surface area contributed by atoms with Crippen molar-refractivity contribution in [3.8, 4) is 11.5 Å². The lowest BCUT2D eigenvalue weighted by atomic mass is 10.0. The summed E-state index contributed by atoms with van der Waals surface area (Å²) in [4.78, 5) is 48.9. The zero-order chi connectivity index (χ0) is 20.3. The summed E-state index contributed by atoms with van der Waals surface area (Å²) in [7, 11) is 1.39. The maximum absolute atomic E-state index is 12.8. The van der Waals surface area contributed by atoms with Crippen LogP contribution in [-0.4, -0.2) is 53.6 Å². The van der Waals surface area contributed by atoms with E-state index < -0.39 is 30.4 Å². The summed E-state index contributed by atoms with van der Waals surface area (Å²) < 4.78 is 10.3. The molecule has 0 atom stereocenters. The molecule has 0 unspecified atom stereocenters. The van der Waals surface area contributed by atoms with E-state index >= 15 is 0 Å². The minimum Gasteiger partial charge on any atom is -0.493 e. The van der Waals surface area contributed by atoms with E-state index in [1.54, 1.807) is 6.07 Å². The number of imide groups is 2. The van der Waals surface area contributed by atoms with Gasteiger partial charge in [0.25, 0.3) is 11.8 Å². The molecule has 3 rings (SSSR count). The molecule has 1 aliphatic heterocycles. The Bertz CT molecular complexity index is 856. The number of hydrogen-bond donors (Lipinski definition) is 2. The number of methoxy groups -OCH3 is 1. The van der Waals surface area contributed by atoms with E-state index in [2.05, 4.69) is 5.32 Å². The fraction of sp³-hybridized carbons (Fsp3) is 0.368. The van der Waals surface area contributed by atoms with Crippen LogP contribution in [0, 0.1) is 0 Å². The van der Waals surface area contributed by atoms with Gasteiger partial charge in [-0.1, -0.05) is 18.9 Å². The van der Waals surface area contributed by atoms with E-state index in [0.29, 0.717) is 5.56 Å². The van der Waals surface area contributed by atoms with Crippen LogP contribution in [0.1, 0.15) is 31.2 Å². The Balaban J connectivity index is 1.88. The molecule has 9 heteroatoms. The average molecular weight is 388 g/mol. The fourth-order valence-corrected chi connectivity index (χ4v) is 3.36. The van der Waals surface area contributed by atoms with Gasteiger partial charge in [0.05, 0.1) is 7.11 Å². The number of carboxylic acid groups (broad SMARTS) is 1. The molecule has 1 aliphatic carbocycles. The third-order valence-corrected chi connectivity index (χ3v) is 4.67. The number of aliphatic carboxylic acids is 1. The standard InChI is InChI=1S/C19H20N2O7/c1-27-15-9-11(6-7-14(15)28-10-16(22)23)8-13-17(24)20-19(26)21(18(13)25)12-4-2-3-5-12/h6-9,12H,2-5,10H2,1H3,(H,22,23)(H,20,24,26)/b13-8+. The smallest absolute Gasteiger partial charge is 0.341 e. The number of rotatable bonds is 6. The van der Waals surface area contributed by atoms with E-state index in [1.807, 2.05) is 0 Å². The summed E-state index contributed by atoms with van der Waals surface area (Å²) in [6.07, 6.45) is 4.69. The Hall–Kier alpha value is -3.36. The topological polar surface area (TPSA) is 122 Å². The minimum atomic E-state index is -1.13. The van der Waals surface area contributed by atoms with E-state index in [-0.39, 0.29) is 23.1 Å². The van der Waals surface area contributed by atoms with Crippen LogP contribution in [0.4, 0.5) is 4.79 Å². The quantitative estimate of drug-likeness (QED) is 0.560. The molecular weight excluding hydrogens is 368 g/mol. The number of ether oxygens (including phenoxy) is 2. The lowest BCUT2D eigenvalue weighted by Crippen LogP contribution is -2.57. The molecule has 2 aliphatic rings. The van der Waals surface area contributed by atoms with E-state index in [0.717, 1.165) is 30.6 Å². The zero-order valence-electron chi connectivity index (χ0n) is 15.3. The van der Waals surface area contributed by atoms with Gasteiger partial charge >= 0.3 is 12.0 Å². The molecule has 0 bridgehead atoms. The lowest BCUT2D eigenvalue weighted by molar-refractivity contribution is -0.139. The highest BCUT2D eigenvalue weighted by atomic mass is 16.5. The van der Waals surface area contributed by atoms with Crippen LogP contribution in [0.2, 0.25) is 0 Å². The Morgan fingerprint density at radius 3 is 2.61 bits per heavy atom. The SMILES string of the molecule is COc1cc(/C=C2\C(=O)NC(=O)N(C3CCCC3)C2=O)ccc1OCC(=O)O. The monoisotopic (exact) mass is 388 g/mol. The Kier molecular flexibility index (Phi) is 5.62. The van der Waals surface area contributed by atoms with Gasteiger partial charge in [0.1, 0.15) is 5.57 Å². The molecule has 0 radical (unpaired) electrons. The van der Waals surface area contributed by atoms with Crippen molar-refractivity contribution >= 4 is 29.9 Å². The summed E-state index contributed by atoms with van der Waals surface area (Å²) in [5, 5.41) is 10.9. The highest BCUT2D eigenvalue weighted by molar-refractivity contribution is 6.31. The summed E-state index contributed by atoms with van der Waals surface area (Å²) in [5.41, 5.74) is 0.325. The second kappa shape index (κ2) is 8.12. The van der Waals surface area contributed by atoms with Crippen molar-refractivity contribution in [2.45, 2.75) is 31.7 Å². The number of carboxylic acids is 1. The lowest BCUT2D eigenvalue weighted by Gasteiger charge is -2.31. The number of urea groups is 1. The second-order valence-electron chi connectivity index (χ2n) is 6.52. The molecule has 1 heterocycles. The Morgan fingerprint density at radius 1 is 1.25 bits per heavy atom. The van der Waals surface area contributed by atoms with Crippen molar-refractivity contribution in [3.63, 3.8) is 0 Å². The van der Waals surface area contributed by atoms with E-state index in [1.165, 1.54) is 25.3 Å². The van der Waals surface area contributed by atoms with Gasteiger partial charge in [-0.3, -0.25) is 19.8 Å². The first kappa shape index (κ1) is 19.4. The van der Waals surface area contributed by atoms with Gasteiger partial charge in [-0.05, 0) is 36.6 Å². The predicted octanol–water partition coefficient (Wildman–Crippen LogP) is 1.56. The Labute approximate surface area is 160 Å². The molecule has 28 heavy (non-hydrogen) atoms. The number of nitrogens with one attached hydrogen (secondary N) is 1. The van der Waals surface area contributed by atoms with Crippen LogP contribution in [0.3, 0.4) is 0 Å². The molecule has 1 saturated heterocycles. The molecule has 1 aromatic carbocycles. The van der Waals surface area contributed by atoms with Gasteiger partial charge < -0.3 is 14.6 Å². The molecule has 1 saturated carbocycles. The van der Waals surface area contributed by atoms with Gasteiger partial charge in [-0.25, -0.2) is 9.59 Å². The van der Waals surface area contributed by atoms with Gasteiger partial charge in [0.15, 0.2) is 18.1 Å². The van der Waals surface area contributed by atoms with Crippen molar-refractivity contribution in [2.75, 3.05) is 13.7 Å². The number of carbonyl (C=O) groups excluding carboxylic acids is 3. The van der Waals surface area contributed by atoms with Crippen LogP contribution in [0.5, 0.6) is 11.5 Å². The van der Waals surface area contributed by atoms with Crippen molar-refractivity contribution in [1.82, 2.24) is 10.2 Å². The summed E-state index contributed by atoms with van der Waals surface area (Å²) >= 11 is 0. The Morgan fingerprint density at radius 2 is 1.96 bits per heavy atom. The molecule has 4 amide bonds. The minimum absolute atomic E-state index is 0.146. The molecule has 1 aromatic rings. The number of nitrogens with zero attached hydrogens (tertiary/aromatic N) is 1. The number of carbonyl (C=O) groups is 4. The van der Waals surface area contributed by atoms with Gasteiger partial charge in [-0.15, -0.1) is 0 Å². The van der Waals surface area contributed by atoms with Crippen molar-refractivity contribution < 1.29 is 33.8 Å². The van der Waals surface area contributed by atoms with E-state index in [9.17, 15) is 19.2 Å². The molecular formula is C19H20N2O7. The third-order valence-electron chi connectivity index (χ3n) is 4.67. The van der Waals surface area contributed by atoms with Crippen LogP contribution < -0.4 is 14.8 Å². The number of barbiturate groups is 1. The normalized spacial score (nSPS) is 19.1. The zero-order valence-corrected chi connectivity index (χ0v) is 15.3. The first-order valence-corrected chi connectivity index (χ1v) is 8.84. The van der Waals surface area contributed by atoms with Gasteiger partial charge in [0.2, 0.25) is 0 Å². The summed E-state index contributed by atoms with van der Waals surface area (Å²) in [5.74, 6) is -2.04. The summed E-state index contributed by atoms with van der Waals surface area (Å²) in [6.45, 7) is -0.532. The fourth-order valence-electron chi connectivity index (χ4n) is 3.36. The number of benzene rings is 1. The van der Waals surface area contributed by atoms with Crippen molar-refractivity contribution in [1.29, 1.82) is 0 Å². The van der Waals surface area contributed by atoms with Crippen molar-refractivity contribution in [3.05, 3.63) is 29.3 Å². The highest BCUT2D eigenvalue weighted by Gasteiger charge is 2.40. The first-order chi connectivity index (χ1) is 13.4. The van der Waals surface area contributed by atoms with Crippen molar-refractivity contribution in [2.24, 2.45) is 0 Å². The first-order valence-electron chi connectivity index (χ1n) is 8.84. The molecule has 0 aromatic heterocycles. The molecule has 9 nitrogen and oxygen atoms in total. The molecule has 0 spiro atoms. The largest absolute Gasteiger partial charge is 0.493 e. The van der Waals surface area contributed by atoms with E-state index in [4.69, 9.17) is 14.6 Å².